The summed E-state index contributed by atoms with van der Waals surface area (Å²) in [5.41, 5.74) is 2.40. The maximum absolute atomic E-state index is 13.9. The van der Waals surface area contributed by atoms with Gasteiger partial charge in [0.25, 0.3) is 0 Å². The molecule has 0 spiro atoms. The lowest BCUT2D eigenvalue weighted by Gasteiger charge is -2.09. The maximum atomic E-state index is 13.9. The molecule has 0 aromatic heterocycles. The number of nitrogens with zero attached hydrogens (tertiary/aromatic N) is 1. The number of methoxy groups -OCH3 is 1. The molecule has 0 N–H and O–H groups in total. The van der Waals surface area contributed by atoms with Gasteiger partial charge in [0.15, 0.2) is 0 Å². The van der Waals surface area contributed by atoms with Crippen molar-refractivity contribution in [2.45, 2.75) is 0 Å². The number of hydrogen-bond acceptors (Lipinski definition) is 3. The molecule has 0 heterocycles. The topological polar surface area (TPSA) is 42.2 Å². The fraction of sp³-hybridized carbons (Fsp3) is 0.0385. The molecular weight excluding hydrogens is 396 g/mol. The lowest BCUT2D eigenvalue weighted by atomic mass is 9.99. The Hall–Kier alpha value is -4.17. The van der Waals surface area contributed by atoms with Crippen LogP contribution in [0.1, 0.15) is 5.56 Å². The van der Waals surface area contributed by atoms with Crippen LogP contribution in [0.2, 0.25) is 0 Å². The van der Waals surface area contributed by atoms with Crippen molar-refractivity contribution in [3.8, 4) is 45.6 Å². The molecule has 4 aromatic carbocycles. The number of benzene rings is 4. The molecule has 0 fully saturated rings. The van der Waals surface area contributed by atoms with E-state index in [2.05, 4.69) is 0 Å². The molecule has 152 valence electrons. The van der Waals surface area contributed by atoms with Gasteiger partial charge in [0, 0.05) is 0 Å². The van der Waals surface area contributed by atoms with Gasteiger partial charge in [-0.15, -0.1) is 0 Å². The van der Waals surface area contributed by atoms with Crippen LogP contribution in [0.4, 0.5) is 8.78 Å². The molecule has 4 aromatic rings. The summed E-state index contributed by atoms with van der Waals surface area (Å²) >= 11 is 0. The molecule has 31 heavy (non-hydrogen) atoms. The Labute approximate surface area is 178 Å². The second-order valence-electron chi connectivity index (χ2n) is 6.81. The first-order valence-electron chi connectivity index (χ1n) is 9.49. The zero-order valence-corrected chi connectivity index (χ0v) is 16.6. The average molecular weight is 413 g/mol. The standard InChI is InChI=1S/C26H17F2NO2/c1-30-21-10-12-23(13-11-21)31-22-8-6-18(7-9-22)17-2-4-19(5-3-17)20-14-25(27)24(16-29)26(28)15-20/h2-15H,1H3. The van der Waals surface area contributed by atoms with Crippen molar-refractivity contribution in [3.05, 3.63) is 102 Å². The van der Waals surface area contributed by atoms with Crippen LogP contribution in [0.15, 0.2) is 84.9 Å². The molecule has 3 nitrogen and oxygen atoms in total. The molecule has 0 aliphatic rings. The molecular formula is C26H17F2NO2. The molecule has 0 saturated heterocycles. The molecule has 4 rings (SSSR count). The van der Waals surface area contributed by atoms with E-state index in [0.29, 0.717) is 22.6 Å². The van der Waals surface area contributed by atoms with Crippen molar-refractivity contribution in [1.29, 1.82) is 5.26 Å². The van der Waals surface area contributed by atoms with Crippen molar-refractivity contribution in [2.24, 2.45) is 0 Å². The fourth-order valence-electron chi connectivity index (χ4n) is 3.20. The number of ether oxygens (including phenoxy) is 2. The first-order valence-corrected chi connectivity index (χ1v) is 9.49. The van der Waals surface area contributed by atoms with E-state index in [1.807, 2.05) is 60.7 Å². The summed E-state index contributed by atoms with van der Waals surface area (Å²) in [7, 11) is 1.61. The zero-order chi connectivity index (χ0) is 21.8. The fourth-order valence-corrected chi connectivity index (χ4v) is 3.20. The smallest absolute Gasteiger partial charge is 0.144 e. The van der Waals surface area contributed by atoms with Gasteiger partial charge in [0.2, 0.25) is 0 Å². The van der Waals surface area contributed by atoms with E-state index in [1.54, 1.807) is 19.2 Å². The molecule has 0 aliphatic heterocycles. The highest BCUT2D eigenvalue weighted by atomic mass is 19.1. The minimum atomic E-state index is -0.867. The van der Waals surface area contributed by atoms with Gasteiger partial charge in [0.05, 0.1) is 7.11 Å². The van der Waals surface area contributed by atoms with E-state index in [4.69, 9.17) is 14.7 Å². The molecule has 0 bridgehead atoms. The lowest BCUT2D eigenvalue weighted by Crippen LogP contribution is -1.92. The van der Waals surface area contributed by atoms with Crippen molar-refractivity contribution in [1.82, 2.24) is 0 Å². The highest BCUT2D eigenvalue weighted by molar-refractivity contribution is 5.71. The Bertz CT molecular complexity index is 1220. The van der Waals surface area contributed by atoms with E-state index in [-0.39, 0.29) is 0 Å². The van der Waals surface area contributed by atoms with Gasteiger partial charge in [-0.1, -0.05) is 36.4 Å². The third-order valence-electron chi connectivity index (χ3n) is 4.85. The average Bonchev–Trinajstić information content (AvgIpc) is 2.80. The monoisotopic (exact) mass is 413 g/mol. The number of hydrogen-bond donors (Lipinski definition) is 0. The predicted octanol–water partition coefficient (Wildman–Crippen LogP) is 6.97. The first-order chi connectivity index (χ1) is 15.1. The largest absolute Gasteiger partial charge is 0.497 e. The van der Waals surface area contributed by atoms with Gasteiger partial charge in [0.1, 0.15) is 40.5 Å². The van der Waals surface area contributed by atoms with Gasteiger partial charge in [-0.3, -0.25) is 0 Å². The van der Waals surface area contributed by atoms with Crippen LogP contribution >= 0.6 is 0 Å². The van der Waals surface area contributed by atoms with Crippen LogP contribution < -0.4 is 9.47 Å². The Morgan fingerprint density at radius 2 is 1.00 bits per heavy atom. The van der Waals surface area contributed by atoms with Crippen molar-refractivity contribution < 1.29 is 18.3 Å². The lowest BCUT2D eigenvalue weighted by molar-refractivity contribution is 0.413. The Balaban J connectivity index is 1.51. The summed E-state index contributed by atoms with van der Waals surface area (Å²) in [6.45, 7) is 0. The summed E-state index contributed by atoms with van der Waals surface area (Å²) in [5, 5.41) is 8.80. The summed E-state index contributed by atoms with van der Waals surface area (Å²) in [6.07, 6.45) is 0. The van der Waals surface area contributed by atoms with Crippen LogP contribution in [0.3, 0.4) is 0 Å². The first kappa shape index (κ1) is 20.1. The van der Waals surface area contributed by atoms with E-state index in [0.717, 1.165) is 16.9 Å². The van der Waals surface area contributed by atoms with Gasteiger partial charge in [-0.05, 0) is 70.8 Å². The number of halogens is 2. The Kier molecular flexibility index (Phi) is 5.63. The summed E-state index contributed by atoms with van der Waals surface area (Å²) in [5.74, 6) is 0.439. The Morgan fingerprint density at radius 1 is 0.613 bits per heavy atom. The van der Waals surface area contributed by atoms with Crippen LogP contribution in [0.5, 0.6) is 17.2 Å². The minimum Gasteiger partial charge on any atom is -0.497 e. The molecule has 0 amide bonds. The highest BCUT2D eigenvalue weighted by Gasteiger charge is 2.12. The van der Waals surface area contributed by atoms with E-state index >= 15 is 0 Å². The van der Waals surface area contributed by atoms with Gasteiger partial charge in [-0.2, -0.15) is 5.26 Å². The summed E-state index contributed by atoms with van der Waals surface area (Å²) < 4.78 is 38.8. The quantitative estimate of drug-likeness (QED) is 0.355. The van der Waals surface area contributed by atoms with Gasteiger partial charge in [-0.25, -0.2) is 8.78 Å². The molecule has 5 heteroatoms. The second kappa shape index (κ2) is 8.68. The molecule has 0 saturated carbocycles. The normalized spacial score (nSPS) is 10.4. The summed E-state index contributed by atoms with van der Waals surface area (Å²) in [4.78, 5) is 0. The van der Waals surface area contributed by atoms with Crippen LogP contribution in [-0.4, -0.2) is 7.11 Å². The third kappa shape index (κ3) is 4.39. The molecule has 0 aliphatic carbocycles. The zero-order valence-electron chi connectivity index (χ0n) is 16.6. The second-order valence-corrected chi connectivity index (χ2v) is 6.81. The maximum Gasteiger partial charge on any atom is 0.144 e. The molecule has 0 unspecified atom stereocenters. The summed E-state index contributed by atoms with van der Waals surface area (Å²) in [6, 6.07) is 26.2. The number of rotatable bonds is 5. The molecule has 0 radical (unpaired) electrons. The van der Waals surface area contributed by atoms with Crippen LogP contribution in [0, 0.1) is 23.0 Å². The number of nitriles is 1. The third-order valence-corrected chi connectivity index (χ3v) is 4.85. The minimum absolute atomic E-state index is 0.379. The van der Waals surface area contributed by atoms with Crippen molar-refractivity contribution in [3.63, 3.8) is 0 Å². The van der Waals surface area contributed by atoms with E-state index in [1.165, 1.54) is 18.2 Å². The highest BCUT2D eigenvalue weighted by Crippen LogP contribution is 2.29. The van der Waals surface area contributed by atoms with Gasteiger partial charge < -0.3 is 9.47 Å². The van der Waals surface area contributed by atoms with Crippen LogP contribution in [0.25, 0.3) is 22.3 Å². The van der Waals surface area contributed by atoms with Crippen LogP contribution in [-0.2, 0) is 0 Å². The predicted molar refractivity (Wildman–Crippen MR) is 115 cm³/mol. The molecule has 0 atom stereocenters. The van der Waals surface area contributed by atoms with Crippen molar-refractivity contribution in [2.75, 3.05) is 7.11 Å². The van der Waals surface area contributed by atoms with E-state index < -0.39 is 17.2 Å². The SMILES string of the molecule is COc1ccc(Oc2ccc(-c3ccc(-c4cc(F)c(C#N)c(F)c4)cc3)cc2)cc1. The van der Waals surface area contributed by atoms with Crippen molar-refractivity contribution >= 4 is 0 Å². The Morgan fingerprint density at radius 3 is 1.45 bits per heavy atom. The van der Waals surface area contributed by atoms with Gasteiger partial charge >= 0.3 is 0 Å². The van der Waals surface area contributed by atoms with E-state index in [9.17, 15) is 8.78 Å².